The quantitative estimate of drug-likeness (QED) is 0.492. The number of urea groups is 1. The van der Waals surface area contributed by atoms with Gasteiger partial charge < -0.3 is 31.2 Å². The predicted octanol–water partition coefficient (Wildman–Crippen LogP) is 2.81. The van der Waals surface area contributed by atoms with Gasteiger partial charge in [0.1, 0.15) is 11.3 Å². The number of nitrogens with one attached hydrogen (secondary N) is 3. The van der Waals surface area contributed by atoms with E-state index in [2.05, 4.69) is 15.6 Å². The number of aromatic nitrogens is 1. The lowest BCUT2D eigenvalue weighted by molar-refractivity contribution is 0.0526. The molecule has 146 valence electrons. The molecule has 1 aromatic carbocycles. The van der Waals surface area contributed by atoms with Crippen molar-refractivity contribution in [3.63, 3.8) is 0 Å². The Labute approximate surface area is 156 Å². The van der Waals surface area contributed by atoms with Crippen LogP contribution in [0.1, 0.15) is 43.2 Å². The van der Waals surface area contributed by atoms with Gasteiger partial charge in [-0.25, -0.2) is 14.4 Å². The zero-order valence-electron chi connectivity index (χ0n) is 15.5. The van der Waals surface area contributed by atoms with Crippen molar-refractivity contribution in [2.24, 2.45) is 5.73 Å². The molecule has 0 atom stereocenters. The minimum absolute atomic E-state index is 0.0819. The third-order valence-corrected chi connectivity index (χ3v) is 3.66. The van der Waals surface area contributed by atoms with Crippen molar-refractivity contribution in [1.29, 1.82) is 0 Å². The number of carboxylic acids is 1. The number of nitrogens with two attached hydrogens (primary N) is 1. The Bertz CT molecular complexity index is 866. The fourth-order valence-corrected chi connectivity index (χ4v) is 2.68. The molecule has 0 aliphatic rings. The van der Waals surface area contributed by atoms with Gasteiger partial charge in [-0.15, -0.1) is 0 Å². The molecule has 0 bridgehead atoms. The normalized spacial score (nSPS) is 11.2. The number of hydrogen-bond acceptors (Lipinski definition) is 4. The summed E-state index contributed by atoms with van der Waals surface area (Å²) < 4.78 is 5.16. The van der Waals surface area contributed by atoms with Crippen LogP contribution in [0.25, 0.3) is 10.9 Å². The van der Waals surface area contributed by atoms with Crippen molar-refractivity contribution in [1.82, 2.24) is 10.3 Å². The zero-order chi connectivity index (χ0) is 20.2. The number of carboxylic acid groups (broad SMARTS) is 1. The Hall–Kier alpha value is -3.23. The number of amides is 3. The van der Waals surface area contributed by atoms with Crippen molar-refractivity contribution in [2.75, 3.05) is 11.9 Å². The second-order valence-electron chi connectivity index (χ2n) is 7.07. The largest absolute Gasteiger partial charge is 0.477 e. The van der Waals surface area contributed by atoms with Gasteiger partial charge in [-0.3, -0.25) is 0 Å². The van der Waals surface area contributed by atoms with Gasteiger partial charge in [0.05, 0.1) is 0 Å². The van der Waals surface area contributed by atoms with Crippen LogP contribution in [-0.2, 0) is 11.2 Å². The monoisotopic (exact) mass is 376 g/mol. The van der Waals surface area contributed by atoms with E-state index in [0.29, 0.717) is 41.5 Å². The van der Waals surface area contributed by atoms with Crippen molar-refractivity contribution in [3.8, 4) is 0 Å². The van der Waals surface area contributed by atoms with Crippen LogP contribution in [0.15, 0.2) is 18.2 Å². The van der Waals surface area contributed by atoms with E-state index in [1.807, 2.05) is 0 Å². The van der Waals surface area contributed by atoms with Gasteiger partial charge in [-0.1, -0.05) is 0 Å². The van der Waals surface area contributed by atoms with E-state index in [-0.39, 0.29) is 5.69 Å². The first kappa shape index (κ1) is 20.1. The number of aryl methyl sites for hydroxylation is 1. The first-order chi connectivity index (χ1) is 12.6. The van der Waals surface area contributed by atoms with Crippen molar-refractivity contribution in [3.05, 3.63) is 29.5 Å². The number of fused-ring (bicyclic) bond motifs is 1. The number of carbonyl (C=O) groups excluding carboxylic acids is 2. The Morgan fingerprint density at radius 3 is 2.56 bits per heavy atom. The van der Waals surface area contributed by atoms with E-state index in [9.17, 15) is 19.5 Å². The molecule has 2 rings (SSSR count). The Kier molecular flexibility index (Phi) is 5.94. The zero-order valence-corrected chi connectivity index (χ0v) is 15.5. The van der Waals surface area contributed by atoms with Crippen LogP contribution in [0, 0.1) is 0 Å². The van der Waals surface area contributed by atoms with Gasteiger partial charge in [0.15, 0.2) is 0 Å². The molecule has 0 aliphatic heterocycles. The van der Waals surface area contributed by atoms with Crippen LogP contribution < -0.4 is 16.4 Å². The lowest BCUT2D eigenvalue weighted by atomic mass is 10.0. The van der Waals surface area contributed by atoms with Gasteiger partial charge in [-0.2, -0.15) is 0 Å². The summed E-state index contributed by atoms with van der Waals surface area (Å²) in [5.41, 5.74) is 6.33. The van der Waals surface area contributed by atoms with Crippen LogP contribution >= 0.6 is 0 Å². The van der Waals surface area contributed by atoms with Crippen LogP contribution in [0.4, 0.5) is 15.3 Å². The Morgan fingerprint density at radius 1 is 1.26 bits per heavy atom. The van der Waals surface area contributed by atoms with Crippen LogP contribution in [0.3, 0.4) is 0 Å². The van der Waals surface area contributed by atoms with E-state index in [4.69, 9.17) is 10.5 Å². The van der Waals surface area contributed by atoms with E-state index >= 15 is 0 Å². The van der Waals surface area contributed by atoms with Gasteiger partial charge in [-0.05, 0) is 57.4 Å². The van der Waals surface area contributed by atoms with Gasteiger partial charge in [0.25, 0.3) is 0 Å². The summed E-state index contributed by atoms with van der Waals surface area (Å²) in [6.07, 6.45) is 0.407. The molecular formula is C18H24N4O5. The summed E-state index contributed by atoms with van der Waals surface area (Å²) in [4.78, 5) is 37.1. The number of rotatable bonds is 6. The molecule has 0 saturated heterocycles. The van der Waals surface area contributed by atoms with Crippen LogP contribution in [0.2, 0.25) is 0 Å². The molecule has 6 N–H and O–H groups in total. The minimum atomic E-state index is -1.08. The fraction of sp³-hybridized carbons (Fsp3) is 0.389. The van der Waals surface area contributed by atoms with E-state index in [1.54, 1.807) is 39.0 Å². The van der Waals surface area contributed by atoms with E-state index in [1.165, 1.54) is 0 Å². The molecule has 0 radical (unpaired) electrons. The molecule has 0 saturated carbocycles. The SMILES string of the molecule is CC(C)(C)OC(=O)NCCCc1c(C(=O)O)[nH]c2ccc(NC(N)=O)cc12. The summed E-state index contributed by atoms with van der Waals surface area (Å²) >= 11 is 0. The molecule has 1 heterocycles. The van der Waals surface area contributed by atoms with Crippen molar-refractivity contribution >= 4 is 34.7 Å². The second kappa shape index (κ2) is 7.98. The first-order valence-corrected chi connectivity index (χ1v) is 8.48. The fourth-order valence-electron chi connectivity index (χ4n) is 2.68. The van der Waals surface area contributed by atoms with Gasteiger partial charge in [0.2, 0.25) is 0 Å². The molecule has 3 amide bonds. The standard InChI is InChI=1S/C18H24N4O5/c1-18(2,3)27-17(26)20-8-4-5-11-12-9-10(21-16(19)25)6-7-13(12)22-14(11)15(23)24/h6-7,9,22H,4-5,8H2,1-3H3,(H,20,26)(H,23,24)(H3,19,21,25). The van der Waals surface area contributed by atoms with Crippen molar-refractivity contribution in [2.45, 2.75) is 39.2 Å². The van der Waals surface area contributed by atoms with Gasteiger partial charge >= 0.3 is 18.1 Å². The summed E-state index contributed by atoms with van der Waals surface area (Å²) in [5.74, 6) is -1.08. The molecule has 27 heavy (non-hydrogen) atoms. The van der Waals surface area contributed by atoms with Crippen LogP contribution in [-0.4, -0.2) is 40.3 Å². The molecule has 0 unspecified atom stereocenters. The number of H-pyrrole nitrogens is 1. The Morgan fingerprint density at radius 2 is 1.96 bits per heavy atom. The maximum Gasteiger partial charge on any atom is 0.407 e. The van der Waals surface area contributed by atoms with Crippen molar-refractivity contribution < 1.29 is 24.2 Å². The lowest BCUT2D eigenvalue weighted by Crippen LogP contribution is -2.33. The third kappa shape index (κ3) is 5.63. The first-order valence-electron chi connectivity index (χ1n) is 8.48. The topological polar surface area (TPSA) is 147 Å². The van der Waals surface area contributed by atoms with E-state index in [0.717, 1.165) is 0 Å². The highest BCUT2D eigenvalue weighted by molar-refractivity contribution is 5.99. The molecule has 0 fully saturated rings. The molecule has 2 aromatic rings. The molecule has 0 spiro atoms. The summed E-state index contributed by atoms with van der Waals surface area (Å²) in [6, 6.07) is 4.27. The minimum Gasteiger partial charge on any atom is -0.477 e. The lowest BCUT2D eigenvalue weighted by Gasteiger charge is -2.19. The molecular weight excluding hydrogens is 352 g/mol. The average Bonchev–Trinajstić information content (AvgIpc) is 2.87. The van der Waals surface area contributed by atoms with Gasteiger partial charge in [0, 0.05) is 23.1 Å². The summed E-state index contributed by atoms with van der Waals surface area (Å²) in [6.45, 7) is 5.65. The number of aromatic carboxylic acids is 1. The number of benzene rings is 1. The maximum absolute atomic E-state index is 11.7. The maximum atomic E-state index is 11.7. The smallest absolute Gasteiger partial charge is 0.407 e. The van der Waals surface area contributed by atoms with Crippen LogP contribution in [0.5, 0.6) is 0 Å². The number of aromatic amines is 1. The molecule has 9 heteroatoms. The summed E-state index contributed by atoms with van der Waals surface area (Å²) in [5, 5.41) is 15.2. The number of hydrogen-bond donors (Lipinski definition) is 5. The number of anilines is 1. The number of carbonyl (C=O) groups is 3. The number of primary amides is 1. The number of alkyl carbamates (subject to hydrolysis) is 1. The summed E-state index contributed by atoms with van der Waals surface area (Å²) in [7, 11) is 0. The molecule has 0 aliphatic carbocycles. The highest BCUT2D eigenvalue weighted by Crippen LogP contribution is 2.27. The highest BCUT2D eigenvalue weighted by Gasteiger charge is 2.18. The second-order valence-corrected chi connectivity index (χ2v) is 7.07. The highest BCUT2D eigenvalue weighted by atomic mass is 16.6. The molecule has 9 nitrogen and oxygen atoms in total. The Balaban J connectivity index is 2.12. The molecule has 1 aromatic heterocycles. The number of ether oxygens (including phenoxy) is 1. The van der Waals surface area contributed by atoms with E-state index < -0.39 is 23.7 Å². The predicted molar refractivity (Wildman–Crippen MR) is 101 cm³/mol. The third-order valence-electron chi connectivity index (χ3n) is 3.66. The average molecular weight is 376 g/mol.